The lowest BCUT2D eigenvalue weighted by Gasteiger charge is -2.10. The van der Waals surface area contributed by atoms with Crippen molar-refractivity contribution in [1.82, 2.24) is 19.6 Å². The number of benzene rings is 1. The Labute approximate surface area is 170 Å². The number of nitrogens with one attached hydrogen (secondary N) is 1. The highest BCUT2D eigenvalue weighted by atomic mass is 35.5. The molecule has 1 atom stereocenters. The lowest BCUT2D eigenvalue weighted by molar-refractivity contribution is -0.389. The summed E-state index contributed by atoms with van der Waals surface area (Å²) in [5.74, 6) is -0.349. The lowest BCUT2D eigenvalue weighted by Crippen LogP contribution is -2.25. The van der Waals surface area contributed by atoms with E-state index in [2.05, 4.69) is 15.5 Å². The molecule has 0 saturated heterocycles. The van der Waals surface area contributed by atoms with Crippen molar-refractivity contribution < 1.29 is 9.72 Å². The lowest BCUT2D eigenvalue weighted by atomic mass is 10.2. The maximum Gasteiger partial charge on any atom is 0.390 e. The van der Waals surface area contributed by atoms with E-state index in [1.165, 1.54) is 10.7 Å². The number of nitro groups is 1. The zero-order valence-electron chi connectivity index (χ0n) is 15.0. The minimum Gasteiger partial charge on any atom is -0.358 e. The van der Waals surface area contributed by atoms with Gasteiger partial charge in [-0.1, -0.05) is 29.3 Å². The van der Waals surface area contributed by atoms with Crippen LogP contribution >= 0.6 is 23.2 Å². The SMILES string of the molecule is Cc1cc([N+](=O)[O-])nn1C(C)C(=O)Nc1ccn(Cc2ccc(Cl)cc2Cl)n1. The predicted molar refractivity (Wildman–Crippen MR) is 105 cm³/mol. The van der Waals surface area contributed by atoms with Crippen molar-refractivity contribution in [3.8, 4) is 0 Å². The Balaban J connectivity index is 1.69. The van der Waals surface area contributed by atoms with Crippen LogP contribution in [-0.2, 0) is 11.3 Å². The van der Waals surface area contributed by atoms with Crippen LogP contribution in [0.2, 0.25) is 10.0 Å². The van der Waals surface area contributed by atoms with Crippen LogP contribution in [0.5, 0.6) is 0 Å². The van der Waals surface area contributed by atoms with Gasteiger partial charge in [-0.15, -0.1) is 0 Å². The number of hydrogen-bond donors (Lipinski definition) is 1. The fourth-order valence-corrected chi connectivity index (χ4v) is 3.10. The number of carbonyl (C=O) groups is 1. The first-order valence-corrected chi connectivity index (χ1v) is 8.99. The number of hydrogen-bond acceptors (Lipinski definition) is 5. The molecular weight excluding hydrogens is 407 g/mol. The van der Waals surface area contributed by atoms with Gasteiger partial charge < -0.3 is 15.4 Å². The number of rotatable bonds is 6. The standard InChI is InChI=1S/C17H16Cl2N6O3/c1-10-7-16(25(27)28)22-24(10)11(2)17(26)20-15-5-6-23(21-15)9-12-3-4-13(18)8-14(12)19/h3-8,11H,9H2,1-2H3,(H,20,21,26). The second kappa shape index (κ2) is 7.99. The molecule has 2 aromatic heterocycles. The monoisotopic (exact) mass is 422 g/mol. The third-order valence-electron chi connectivity index (χ3n) is 4.08. The summed E-state index contributed by atoms with van der Waals surface area (Å²) in [6.45, 7) is 3.66. The molecule has 0 radical (unpaired) electrons. The number of carbonyl (C=O) groups excluding carboxylic acids is 1. The van der Waals surface area contributed by atoms with Crippen molar-refractivity contribution in [2.75, 3.05) is 5.32 Å². The molecule has 0 spiro atoms. The topological polar surface area (TPSA) is 108 Å². The Kier molecular flexibility index (Phi) is 5.66. The Bertz CT molecular complexity index is 1050. The minimum absolute atomic E-state index is 0.304. The highest BCUT2D eigenvalue weighted by Crippen LogP contribution is 2.22. The van der Waals surface area contributed by atoms with E-state index in [1.54, 1.807) is 49.0 Å². The molecule has 1 unspecified atom stereocenters. The van der Waals surface area contributed by atoms with Crippen LogP contribution in [-0.4, -0.2) is 30.4 Å². The van der Waals surface area contributed by atoms with E-state index in [4.69, 9.17) is 23.2 Å². The van der Waals surface area contributed by atoms with Crippen molar-refractivity contribution in [1.29, 1.82) is 0 Å². The molecule has 0 fully saturated rings. The van der Waals surface area contributed by atoms with E-state index >= 15 is 0 Å². The Morgan fingerprint density at radius 2 is 2.04 bits per heavy atom. The first-order valence-electron chi connectivity index (χ1n) is 8.23. The molecule has 1 N–H and O–H groups in total. The highest BCUT2D eigenvalue weighted by Gasteiger charge is 2.25. The largest absolute Gasteiger partial charge is 0.390 e. The average Bonchev–Trinajstić information content (AvgIpc) is 3.23. The molecule has 0 aliphatic carbocycles. The Hall–Kier alpha value is -2.91. The van der Waals surface area contributed by atoms with Crippen molar-refractivity contribution in [2.45, 2.75) is 26.4 Å². The van der Waals surface area contributed by atoms with Gasteiger partial charge in [-0.25, -0.2) is 0 Å². The minimum atomic E-state index is -0.746. The quantitative estimate of drug-likeness (QED) is 0.479. The summed E-state index contributed by atoms with van der Waals surface area (Å²) >= 11 is 12.1. The van der Waals surface area contributed by atoms with Crippen LogP contribution < -0.4 is 5.32 Å². The van der Waals surface area contributed by atoms with Gasteiger partial charge in [0.25, 0.3) is 5.91 Å². The Morgan fingerprint density at radius 3 is 2.68 bits per heavy atom. The first-order chi connectivity index (χ1) is 13.2. The molecule has 0 aliphatic rings. The van der Waals surface area contributed by atoms with Crippen LogP contribution in [0.3, 0.4) is 0 Å². The number of amides is 1. The summed E-state index contributed by atoms with van der Waals surface area (Å²) in [4.78, 5) is 22.7. The molecule has 0 aliphatic heterocycles. The molecule has 9 nitrogen and oxygen atoms in total. The van der Waals surface area contributed by atoms with Gasteiger partial charge in [0.15, 0.2) is 5.82 Å². The maximum absolute atomic E-state index is 12.5. The molecule has 11 heteroatoms. The van der Waals surface area contributed by atoms with Crippen LogP contribution in [0, 0.1) is 17.0 Å². The van der Waals surface area contributed by atoms with Crippen molar-refractivity contribution in [3.63, 3.8) is 0 Å². The molecule has 146 valence electrons. The number of aromatic nitrogens is 4. The Morgan fingerprint density at radius 1 is 1.29 bits per heavy atom. The van der Waals surface area contributed by atoms with Gasteiger partial charge in [-0.05, 0) is 36.5 Å². The fourth-order valence-electron chi connectivity index (χ4n) is 2.63. The second-order valence-corrected chi connectivity index (χ2v) is 6.99. The smallest absolute Gasteiger partial charge is 0.358 e. The van der Waals surface area contributed by atoms with Gasteiger partial charge in [0.2, 0.25) is 0 Å². The van der Waals surface area contributed by atoms with E-state index in [1.807, 2.05) is 0 Å². The predicted octanol–water partition coefficient (Wildman–Crippen LogP) is 3.85. The molecule has 0 bridgehead atoms. The van der Waals surface area contributed by atoms with Crippen molar-refractivity contribution >= 4 is 40.7 Å². The molecule has 2 heterocycles. The van der Waals surface area contributed by atoms with Gasteiger partial charge in [-0.2, -0.15) is 9.78 Å². The third kappa shape index (κ3) is 4.32. The highest BCUT2D eigenvalue weighted by molar-refractivity contribution is 6.35. The van der Waals surface area contributed by atoms with Gasteiger partial charge in [0.05, 0.1) is 23.4 Å². The summed E-state index contributed by atoms with van der Waals surface area (Å²) in [5, 5.41) is 22.7. The van der Waals surface area contributed by atoms with Crippen LogP contribution in [0.15, 0.2) is 36.5 Å². The zero-order valence-corrected chi connectivity index (χ0v) is 16.5. The number of nitrogens with zero attached hydrogens (tertiary/aromatic N) is 5. The maximum atomic E-state index is 12.5. The van der Waals surface area contributed by atoms with Gasteiger partial charge in [-0.3, -0.25) is 9.48 Å². The van der Waals surface area contributed by atoms with E-state index in [0.717, 1.165) is 5.56 Å². The second-order valence-electron chi connectivity index (χ2n) is 6.15. The number of aryl methyl sites for hydroxylation is 1. The summed E-state index contributed by atoms with van der Waals surface area (Å²) in [6, 6.07) is 7.41. The van der Waals surface area contributed by atoms with Crippen molar-refractivity contribution in [2.24, 2.45) is 0 Å². The number of halogens is 2. The average molecular weight is 423 g/mol. The van der Waals surface area contributed by atoms with Gasteiger partial charge in [0, 0.05) is 22.3 Å². The molecule has 3 rings (SSSR count). The van der Waals surface area contributed by atoms with E-state index < -0.39 is 16.9 Å². The molecule has 3 aromatic rings. The van der Waals surface area contributed by atoms with Crippen molar-refractivity contribution in [3.05, 3.63) is 67.9 Å². The van der Waals surface area contributed by atoms with Crippen LogP contribution in [0.25, 0.3) is 0 Å². The molecule has 1 amide bonds. The van der Waals surface area contributed by atoms with Crippen LogP contribution in [0.1, 0.15) is 24.2 Å². The van der Waals surface area contributed by atoms with E-state index in [9.17, 15) is 14.9 Å². The molecule has 28 heavy (non-hydrogen) atoms. The van der Waals surface area contributed by atoms with E-state index in [0.29, 0.717) is 28.1 Å². The summed E-state index contributed by atoms with van der Waals surface area (Å²) < 4.78 is 2.93. The zero-order chi connectivity index (χ0) is 20.4. The summed E-state index contributed by atoms with van der Waals surface area (Å²) in [5.41, 5.74) is 1.34. The summed E-state index contributed by atoms with van der Waals surface area (Å²) in [6.07, 6.45) is 1.70. The summed E-state index contributed by atoms with van der Waals surface area (Å²) in [7, 11) is 0. The van der Waals surface area contributed by atoms with Crippen LogP contribution in [0.4, 0.5) is 11.6 Å². The molecule has 1 aromatic carbocycles. The fraction of sp³-hybridized carbons (Fsp3) is 0.235. The molecular formula is C17H16Cl2N6O3. The van der Waals surface area contributed by atoms with E-state index in [-0.39, 0.29) is 5.82 Å². The third-order valence-corrected chi connectivity index (χ3v) is 4.67. The molecule has 0 saturated carbocycles. The first kappa shape index (κ1) is 19.8. The van der Waals surface area contributed by atoms with Gasteiger partial charge >= 0.3 is 5.82 Å². The normalized spacial score (nSPS) is 12.0. The number of anilines is 1. The van der Waals surface area contributed by atoms with Gasteiger partial charge in [0.1, 0.15) is 6.04 Å².